The molecule has 0 aliphatic carbocycles. The van der Waals surface area contributed by atoms with Gasteiger partial charge in [0, 0.05) is 12.6 Å². The molecule has 110 valence electrons. The van der Waals surface area contributed by atoms with Gasteiger partial charge in [-0.3, -0.25) is 9.69 Å². The Morgan fingerprint density at radius 2 is 2.15 bits per heavy atom. The summed E-state index contributed by atoms with van der Waals surface area (Å²) in [7, 11) is 1.43. The topological polar surface area (TPSA) is 49.8 Å². The molecule has 0 spiro atoms. The normalized spacial score (nSPS) is 21.4. The van der Waals surface area contributed by atoms with E-state index in [9.17, 15) is 9.90 Å². The van der Waals surface area contributed by atoms with E-state index in [1.807, 2.05) is 30.3 Å². The molecule has 0 aromatic heterocycles. The number of aliphatic hydroxyl groups is 1. The summed E-state index contributed by atoms with van der Waals surface area (Å²) in [6.07, 6.45) is 3.27. The number of nitrogens with zero attached hydrogens (tertiary/aromatic N) is 1. The number of carbonyl (C=O) groups is 1. The van der Waals surface area contributed by atoms with E-state index in [-0.39, 0.29) is 24.5 Å². The maximum atomic E-state index is 12.1. The van der Waals surface area contributed by atoms with Crippen LogP contribution in [0, 0.1) is 0 Å². The molecule has 0 radical (unpaired) electrons. The van der Waals surface area contributed by atoms with E-state index in [4.69, 9.17) is 4.74 Å². The van der Waals surface area contributed by atoms with Crippen molar-refractivity contribution < 1.29 is 14.6 Å². The highest BCUT2D eigenvalue weighted by atomic mass is 16.5. The van der Waals surface area contributed by atoms with Crippen LogP contribution in [0.1, 0.15) is 30.7 Å². The number of esters is 1. The second-order valence-electron chi connectivity index (χ2n) is 5.31. The first-order valence-corrected chi connectivity index (χ1v) is 7.24. The van der Waals surface area contributed by atoms with Crippen LogP contribution >= 0.6 is 0 Å². The predicted molar refractivity (Wildman–Crippen MR) is 77.5 cm³/mol. The minimum Gasteiger partial charge on any atom is -0.469 e. The van der Waals surface area contributed by atoms with Gasteiger partial charge in [-0.2, -0.15) is 0 Å². The number of benzene rings is 1. The molecule has 0 saturated carbocycles. The molecule has 1 fully saturated rings. The van der Waals surface area contributed by atoms with Crippen LogP contribution in [0.3, 0.4) is 0 Å². The van der Waals surface area contributed by atoms with Crippen molar-refractivity contribution in [1.82, 2.24) is 4.90 Å². The molecule has 1 aromatic carbocycles. The molecule has 1 heterocycles. The number of likely N-dealkylation sites (tertiary alicyclic amines) is 1. The van der Waals surface area contributed by atoms with Crippen LogP contribution in [0.15, 0.2) is 30.3 Å². The Morgan fingerprint density at radius 3 is 2.80 bits per heavy atom. The third kappa shape index (κ3) is 3.58. The van der Waals surface area contributed by atoms with E-state index in [0.29, 0.717) is 6.54 Å². The highest BCUT2D eigenvalue weighted by molar-refractivity contribution is 5.78. The number of piperidine rings is 1. The smallest absolute Gasteiger partial charge is 0.314 e. The van der Waals surface area contributed by atoms with Crippen molar-refractivity contribution in [3.63, 3.8) is 0 Å². The van der Waals surface area contributed by atoms with Gasteiger partial charge in [0.1, 0.15) is 0 Å². The number of hydrogen-bond donors (Lipinski definition) is 1. The fraction of sp³-hybridized carbons (Fsp3) is 0.562. The lowest BCUT2D eigenvalue weighted by atomic mass is 9.95. The van der Waals surface area contributed by atoms with Gasteiger partial charge in [0.25, 0.3) is 0 Å². The lowest BCUT2D eigenvalue weighted by Gasteiger charge is -2.36. The zero-order valence-corrected chi connectivity index (χ0v) is 12.0. The summed E-state index contributed by atoms with van der Waals surface area (Å²) in [5.74, 6) is -0.494. The first kappa shape index (κ1) is 15.0. The van der Waals surface area contributed by atoms with Crippen molar-refractivity contribution in [3.05, 3.63) is 35.9 Å². The van der Waals surface area contributed by atoms with Gasteiger partial charge in [-0.25, -0.2) is 0 Å². The molecule has 20 heavy (non-hydrogen) atoms. The molecule has 2 rings (SSSR count). The fourth-order valence-electron chi connectivity index (χ4n) is 2.89. The van der Waals surface area contributed by atoms with Gasteiger partial charge in [-0.05, 0) is 24.9 Å². The van der Waals surface area contributed by atoms with Gasteiger partial charge in [-0.15, -0.1) is 0 Å². The van der Waals surface area contributed by atoms with E-state index < -0.39 is 0 Å². The maximum absolute atomic E-state index is 12.1. The summed E-state index contributed by atoms with van der Waals surface area (Å²) in [5, 5.41) is 9.48. The third-order valence-corrected chi connectivity index (χ3v) is 4.06. The maximum Gasteiger partial charge on any atom is 0.314 e. The summed E-state index contributed by atoms with van der Waals surface area (Å²) >= 11 is 0. The quantitative estimate of drug-likeness (QED) is 0.834. The summed E-state index contributed by atoms with van der Waals surface area (Å²) in [4.78, 5) is 14.3. The Bertz CT molecular complexity index is 421. The van der Waals surface area contributed by atoms with Crippen LogP contribution in [-0.4, -0.2) is 48.8 Å². The molecule has 4 nitrogen and oxygen atoms in total. The van der Waals surface area contributed by atoms with Crippen molar-refractivity contribution >= 4 is 5.97 Å². The van der Waals surface area contributed by atoms with Crippen molar-refractivity contribution in [2.75, 3.05) is 26.8 Å². The number of carbonyl (C=O) groups excluding carboxylic acids is 1. The van der Waals surface area contributed by atoms with Crippen molar-refractivity contribution in [2.24, 2.45) is 0 Å². The van der Waals surface area contributed by atoms with Crippen LogP contribution in [0.25, 0.3) is 0 Å². The van der Waals surface area contributed by atoms with Crippen molar-refractivity contribution in [1.29, 1.82) is 0 Å². The van der Waals surface area contributed by atoms with Crippen LogP contribution in [-0.2, 0) is 9.53 Å². The van der Waals surface area contributed by atoms with Crippen LogP contribution in [0.2, 0.25) is 0 Å². The molecule has 1 aliphatic rings. The van der Waals surface area contributed by atoms with Gasteiger partial charge in [0.15, 0.2) is 0 Å². The summed E-state index contributed by atoms with van der Waals surface area (Å²) < 4.78 is 4.95. The second kappa shape index (κ2) is 7.41. The average Bonchev–Trinajstić information content (AvgIpc) is 2.53. The molecule has 1 aromatic rings. The van der Waals surface area contributed by atoms with Gasteiger partial charge in [0.05, 0.1) is 19.6 Å². The van der Waals surface area contributed by atoms with Gasteiger partial charge in [0.2, 0.25) is 0 Å². The Kier molecular flexibility index (Phi) is 5.56. The number of hydrogen-bond acceptors (Lipinski definition) is 4. The monoisotopic (exact) mass is 277 g/mol. The molecule has 1 N–H and O–H groups in total. The molecule has 2 unspecified atom stereocenters. The largest absolute Gasteiger partial charge is 0.469 e. The zero-order valence-electron chi connectivity index (χ0n) is 12.0. The minimum atomic E-state index is -0.284. The fourth-order valence-corrected chi connectivity index (χ4v) is 2.89. The molecular weight excluding hydrogens is 254 g/mol. The Morgan fingerprint density at radius 1 is 1.40 bits per heavy atom. The average molecular weight is 277 g/mol. The lowest BCUT2D eigenvalue weighted by molar-refractivity contribution is -0.143. The molecule has 0 amide bonds. The standard InChI is InChI=1S/C16H23NO3/c1-20-16(19)15(13-7-3-2-4-8-13)11-17-10-6-5-9-14(17)12-18/h2-4,7-8,14-15,18H,5-6,9-12H2,1H3. The number of methoxy groups -OCH3 is 1. The van der Waals surface area contributed by atoms with Gasteiger partial charge < -0.3 is 9.84 Å². The molecule has 4 heteroatoms. The van der Waals surface area contributed by atoms with Gasteiger partial charge in [-0.1, -0.05) is 36.8 Å². The summed E-state index contributed by atoms with van der Waals surface area (Å²) in [5.41, 5.74) is 0.974. The highest BCUT2D eigenvalue weighted by Gasteiger charge is 2.29. The third-order valence-electron chi connectivity index (χ3n) is 4.06. The van der Waals surface area contributed by atoms with E-state index >= 15 is 0 Å². The van der Waals surface area contributed by atoms with E-state index in [0.717, 1.165) is 31.4 Å². The highest BCUT2D eigenvalue weighted by Crippen LogP contribution is 2.23. The van der Waals surface area contributed by atoms with Crippen molar-refractivity contribution in [3.8, 4) is 0 Å². The Labute approximate surface area is 120 Å². The SMILES string of the molecule is COC(=O)C(CN1CCCCC1CO)c1ccccc1. The van der Waals surface area contributed by atoms with E-state index in [1.54, 1.807) is 0 Å². The predicted octanol–water partition coefficient (Wildman–Crippen LogP) is 1.79. The Hall–Kier alpha value is -1.39. The minimum absolute atomic E-state index is 0.155. The Balaban J connectivity index is 2.13. The van der Waals surface area contributed by atoms with Crippen LogP contribution in [0.4, 0.5) is 0 Å². The van der Waals surface area contributed by atoms with Gasteiger partial charge >= 0.3 is 5.97 Å². The first-order chi connectivity index (χ1) is 9.76. The van der Waals surface area contributed by atoms with E-state index in [2.05, 4.69) is 4.90 Å². The zero-order chi connectivity index (χ0) is 14.4. The second-order valence-corrected chi connectivity index (χ2v) is 5.31. The molecule has 1 saturated heterocycles. The van der Waals surface area contributed by atoms with E-state index in [1.165, 1.54) is 7.11 Å². The molecule has 0 bridgehead atoms. The number of ether oxygens (including phenoxy) is 1. The number of rotatable bonds is 5. The summed E-state index contributed by atoms with van der Waals surface area (Å²) in [6.45, 7) is 1.70. The first-order valence-electron chi connectivity index (χ1n) is 7.24. The molecule has 2 atom stereocenters. The lowest BCUT2D eigenvalue weighted by Crippen LogP contribution is -2.45. The molecular formula is C16H23NO3. The van der Waals surface area contributed by atoms with Crippen molar-refractivity contribution in [2.45, 2.75) is 31.2 Å². The van der Waals surface area contributed by atoms with Crippen LogP contribution < -0.4 is 0 Å². The van der Waals surface area contributed by atoms with Crippen LogP contribution in [0.5, 0.6) is 0 Å². The number of aliphatic hydroxyl groups excluding tert-OH is 1. The molecule has 1 aliphatic heterocycles. The summed E-state index contributed by atoms with van der Waals surface area (Å²) in [6, 6.07) is 9.89.